The van der Waals surface area contributed by atoms with E-state index in [4.69, 9.17) is 4.74 Å². The Balaban J connectivity index is 1.79. The molecular weight excluding hydrogens is 302 g/mol. The van der Waals surface area contributed by atoms with Crippen LogP contribution in [0.5, 0.6) is 5.75 Å². The molecular formula is C18H27N5O. The van der Waals surface area contributed by atoms with E-state index >= 15 is 0 Å². The third-order valence-corrected chi connectivity index (χ3v) is 3.65. The Bertz CT molecular complexity index is 618. The summed E-state index contributed by atoms with van der Waals surface area (Å²) in [5, 5.41) is 6.67. The van der Waals surface area contributed by atoms with Gasteiger partial charge in [0.25, 0.3) is 0 Å². The number of nitrogens with zero attached hydrogens (tertiary/aromatic N) is 3. The van der Waals surface area contributed by atoms with E-state index in [0.29, 0.717) is 0 Å². The summed E-state index contributed by atoms with van der Waals surface area (Å²) >= 11 is 0. The van der Waals surface area contributed by atoms with E-state index in [0.717, 1.165) is 49.9 Å². The second kappa shape index (κ2) is 9.72. The van der Waals surface area contributed by atoms with Crippen LogP contribution in [-0.2, 0) is 6.42 Å². The molecule has 0 aliphatic carbocycles. The monoisotopic (exact) mass is 329 g/mol. The molecule has 1 heterocycles. The van der Waals surface area contributed by atoms with Crippen molar-refractivity contribution in [1.29, 1.82) is 0 Å². The SMILES string of the molecule is COc1ccccc1CCNc1cc(NCCCN(C)C)ncn1. The van der Waals surface area contributed by atoms with Crippen molar-refractivity contribution >= 4 is 11.6 Å². The van der Waals surface area contributed by atoms with Crippen LogP contribution in [0.3, 0.4) is 0 Å². The number of hydrogen-bond donors (Lipinski definition) is 2. The van der Waals surface area contributed by atoms with Gasteiger partial charge in [-0.2, -0.15) is 0 Å². The summed E-state index contributed by atoms with van der Waals surface area (Å²) in [7, 11) is 5.85. The molecule has 0 bridgehead atoms. The summed E-state index contributed by atoms with van der Waals surface area (Å²) in [5.41, 5.74) is 1.18. The van der Waals surface area contributed by atoms with Crippen molar-refractivity contribution in [2.24, 2.45) is 0 Å². The first-order valence-corrected chi connectivity index (χ1v) is 8.25. The third-order valence-electron chi connectivity index (χ3n) is 3.65. The lowest BCUT2D eigenvalue weighted by molar-refractivity contribution is 0.405. The zero-order valence-electron chi connectivity index (χ0n) is 14.7. The van der Waals surface area contributed by atoms with E-state index in [1.165, 1.54) is 5.56 Å². The van der Waals surface area contributed by atoms with Crippen LogP contribution in [0.4, 0.5) is 11.6 Å². The Morgan fingerprint density at radius 1 is 1.04 bits per heavy atom. The van der Waals surface area contributed by atoms with Gasteiger partial charge >= 0.3 is 0 Å². The highest BCUT2D eigenvalue weighted by Gasteiger charge is 2.02. The van der Waals surface area contributed by atoms with Gasteiger partial charge < -0.3 is 20.3 Å². The third kappa shape index (κ3) is 6.04. The predicted molar refractivity (Wildman–Crippen MR) is 98.9 cm³/mol. The molecule has 1 aromatic heterocycles. The second-order valence-corrected chi connectivity index (χ2v) is 5.86. The first-order chi connectivity index (χ1) is 11.7. The van der Waals surface area contributed by atoms with Crippen molar-refractivity contribution in [2.75, 3.05) is 51.5 Å². The summed E-state index contributed by atoms with van der Waals surface area (Å²) in [6, 6.07) is 10.0. The maximum Gasteiger partial charge on any atom is 0.131 e. The minimum absolute atomic E-state index is 0.789. The lowest BCUT2D eigenvalue weighted by atomic mass is 10.1. The smallest absolute Gasteiger partial charge is 0.131 e. The van der Waals surface area contributed by atoms with E-state index in [9.17, 15) is 0 Å². The predicted octanol–water partition coefficient (Wildman–Crippen LogP) is 2.50. The normalized spacial score (nSPS) is 10.7. The number of aromatic nitrogens is 2. The first-order valence-electron chi connectivity index (χ1n) is 8.25. The molecule has 0 aliphatic rings. The Kier molecular flexibility index (Phi) is 7.29. The van der Waals surface area contributed by atoms with Crippen LogP contribution >= 0.6 is 0 Å². The summed E-state index contributed by atoms with van der Waals surface area (Å²) in [5.74, 6) is 2.60. The average molecular weight is 329 g/mol. The number of ether oxygens (including phenoxy) is 1. The van der Waals surface area contributed by atoms with Gasteiger partial charge in [-0.1, -0.05) is 18.2 Å². The minimum atomic E-state index is 0.789. The van der Waals surface area contributed by atoms with Gasteiger partial charge in [-0.15, -0.1) is 0 Å². The van der Waals surface area contributed by atoms with E-state index < -0.39 is 0 Å². The molecule has 0 fully saturated rings. The molecule has 6 nitrogen and oxygen atoms in total. The molecule has 2 aromatic rings. The Hall–Kier alpha value is -2.34. The van der Waals surface area contributed by atoms with E-state index in [2.05, 4.69) is 45.7 Å². The number of hydrogen-bond acceptors (Lipinski definition) is 6. The van der Waals surface area contributed by atoms with Crippen molar-refractivity contribution < 1.29 is 4.74 Å². The molecule has 0 radical (unpaired) electrons. The van der Waals surface area contributed by atoms with Crippen molar-refractivity contribution in [2.45, 2.75) is 12.8 Å². The fraction of sp³-hybridized carbons (Fsp3) is 0.444. The number of para-hydroxylation sites is 1. The molecule has 0 saturated carbocycles. The molecule has 2 rings (SSSR count). The Morgan fingerprint density at radius 3 is 2.46 bits per heavy atom. The van der Waals surface area contributed by atoms with Crippen LogP contribution in [0.2, 0.25) is 0 Å². The highest BCUT2D eigenvalue weighted by atomic mass is 16.5. The standard InChI is InChI=1S/C18H27N5O/c1-23(2)12-6-10-19-17-13-18(22-14-21-17)20-11-9-15-7-4-5-8-16(15)24-3/h4-5,7-8,13-14H,6,9-12H2,1-3H3,(H2,19,20,21,22). The highest BCUT2D eigenvalue weighted by molar-refractivity contribution is 5.46. The lowest BCUT2D eigenvalue weighted by Gasteiger charge is -2.11. The number of nitrogens with one attached hydrogen (secondary N) is 2. The van der Waals surface area contributed by atoms with E-state index in [1.54, 1.807) is 13.4 Å². The molecule has 2 N–H and O–H groups in total. The van der Waals surface area contributed by atoms with Crippen LogP contribution in [0.15, 0.2) is 36.7 Å². The van der Waals surface area contributed by atoms with Gasteiger partial charge in [-0.3, -0.25) is 0 Å². The quantitative estimate of drug-likeness (QED) is 0.653. The zero-order valence-corrected chi connectivity index (χ0v) is 14.7. The van der Waals surface area contributed by atoms with Gasteiger partial charge in [0.15, 0.2) is 0 Å². The van der Waals surface area contributed by atoms with Crippen molar-refractivity contribution in [1.82, 2.24) is 14.9 Å². The van der Waals surface area contributed by atoms with Gasteiger partial charge in [0.05, 0.1) is 7.11 Å². The molecule has 0 atom stereocenters. The van der Waals surface area contributed by atoms with Gasteiger partial charge in [-0.25, -0.2) is 9.97 Å². The minimum Gasteiger partial charge on any atom is -0.496 e. The molecule has 130 valence electrons. The van der Waals surface area contributed by atoms with Gasteiger partial charge in [0, 0.05) is 19.2 Å². The molecule has 1 aromatic carbocycles. The number of rotatable bonds is 10. The molecule has 0 saturated heterocycles. The van der Waals surface area contributed by atoms with Gasteiger partial charge in [0.1, 0.15) is 23.7 Å². The van der Waals surface area contributed by atoms with Crippen LogP contribution in [0.25, 0.3) is 0 Å². The maximum absolute atomic E-state index is 5.37. The summed E-state index contributed by atoms with van der Waals surface area (Å²) in [4.78, 5) is 10.7. The van der Waals surface area contributed by atoms with Crippen LogP contribution < -0.4 is 15.4 Å². The molecule has 0 spiro atoms. The average Bonchev–Trinajstić information content (AvgIpc) is 2.59. The van der Waals surface area contributed by atoms with Gasteiger partial charge in [-0.05, 0) is 45.1 Å². The van der Waals surface area contributed by atoms with E-state index in [1.807, 2.05) is 24.3 Å². The summed E-state index contributed by atoms with van der Waals surface area (Å²) < 4.78 is 5.37. The zero-order chi connectivity index (χ0) is 17.2. The Labute approximate surface area is 144 Å². The second-order valence-electron chi connectivity index (χ2n) is 5.86. The first kappa shape index (κ1) is 18.0. The fourth-order valence-corrected chi connectivity index (χ4v) is 2.40. The van der Waals surface area contributed by atoms with Crippen molar-refractivity contribution in [3.8, 4) is 5.75 Å². The largest absolute Gasteiger partial charge is 0.496 e. The van der Waals surface area contributed by atoms with Crippen LogP contribution in [-0.4, -0.2) is 55.7 Å². The molecule has 0 aliphatic heterocycles. The molecule has 0 amide bonds. The lowest BCUT2D eigenvalue weighted by Crippen LogP contribution is -2.16. The van der Waals surface area contributed by atoms with E-state index in [-0.39, 0.29) is 0 Å². The summed E-state index contributed by atoms with van der Waals surface area (Å²) in [6.45, 7) is 2.75. The van der Waals surface area contributed by atoms with Crippen LogP contribution in [0.1, 0.15) is 12.0 Å². The van der Waals surface area contributed by atoms with Crippen molar-refractivity contribution in [3.05, 3.63) is 42.2 Å². The topological polar surface area (TPSA) is 62.3 Å². The number of benzene rings is 1. The number of anilines is 2. The fourth-order valence-electron chi connectivity index (χ4n) is 2.40. The Morgan fingerprint density at radius 2 is 1.75 bits per heavy atom. The maximum atomic E-state index is 5.37. The van der Waals surface area contributed by atoms with Crippen molar-refractivity contribution in [3.63, 3.8) is 0 Å². The highest BCUT2D eigenvalue weighted by Crippen LogP contribution is 2.18. The molecule has 24 heavy (non-hydrogen) atoms. The molecule has 6 heteroatoms. The number of methoxy groups -OCH3 is 1. The molecule has 0 unspecified atom stereocenters. The van der Waals surface area contributed by atoms with Gasteiger partial charge in [0.2, 0.25) is 0 Å². The summed E-state index contributed by atoms with van der Waals surface area (Å²) in [6.07, 6.45) is 3.53. The van der Waals surface area contributed by atoms with Crippen LogP contribution in [0, 0.1) is 0 Å².